The molecular weight excluding hydrogens is 220 g/mol. The Hall–Kier alpha value is -1.85. The van der Waals surface area contributed by atoms with Crippen LogP contribution in [0.2, 0.25) is 0 Å². The van der Waals surface area contributed by atoms with E-state index in [0.717, 1.165) is 10.9 Å². The van der Waals surface area contributed by atoms with Gasteiger partial charge in [-0.2, -0.15) is 0 Å². The van der Waals surface area contributed by atoms with E-state index in [4.69, 9.17) is 5.11 Å². The fourth-order valence-corrected chi connectivity index (χ4v) is 1.61. The number of fused-ring (bicyclic) bond motifs is 1. The molecule has 1 atom stereocenters. The van der Waals surface area contributed by atoms with E-state index >= 15 is 0 Å². The number of benzene rings is 1. The van der Waals surface area contributed by atoms with Crippen molar-refractivity contribution >= 4 is 16.6 Å². The molecule has 5 heteroatoms. The van der Waals surface area contributed by atoms with Gasteiger partial charge in [-0.25, -0.2) is 0 Å². The number of aliphatic hydroxyl groups is 2. The number of pyridine rings is 1. The molecule has 0 bridgehead atoms. The Kier molecular flexibility index (Phi) is 3.41. The number of nitrogens with one attached hydrogen (secondary N) is 1. The van der Waals surface area contributed by atoms with Gasteiger partial charge in [-0.05, 0) is 24.3 Å². The van der Waals surface area contributed by atoms with E-state index < -0.39 is 6.10 Å². The lowest BCUT2D eigenvalue weighted by Gasteiger charge is -2.13. The Morgan fingerprint density at radius 1 is 1.29 bits per heavy atom. The van der Waals surface area contributed by atoms with Crippen LogP contribution in [0.25, 0.3) is 10.9 Å². The van der Waals surface area contributed by atoms with E-state index in [-0.39, 0.29) is 18.9 Å². The van der Waals surface area contributed by atoms with Crippen molar-refractivity contribution in [2.24, 2.45) is 0 Å². The van der Waals surface area contributed by atoms with Crippen LogP contribution in [0.5, 0.6) is 5.75 Å². The van der Waals surface area contributed by atoms with Crippen molar-refractivity contribution in [2.75, 3.05) is 18.5 Å². The Bertz CT molecular complexity index is 516. The predicted molar refractivity (Wildman–Crippen MR) is 65.0 cm³/mol. The van der Waals surface area contributed by atoms with Crippen molar-refractivity contribution in [3.05, 3.63) is 30.5 Å². The molecule has 2 rings (SSSR count). The number of hydrogen-bond acceptors (Lipinski definition) is 5. The Morgan fingerprint density at radius 2 is 2.12 bits per heavy atom. The number of aliphatic hydroxyl groups excluding tert-OH is 2. The van der Waals surface area contributed by atoms with E-state index in [1.165, 1.54) is 0 Å². The molecule has 0 amide bonds. The van der Waals surface area contributed by atoms with E-state index in [1.54, 1.807) is 24.4 Å². The van der Waals surface area contributed by atoms with Crippen LogP contribution in [0.4, 0.5) is 5.69 Å². The van der Waals surface area contributed by atoms with Gasteiger partial charge in [-0.1, -0.05) is 0 Å². The number of rotatable bonds is 4. The molecule has 0 aliphatic carbocycles. The average molecular weight is 234 g/mol. The maximum Gasteiger partial charge on any atom is 0.139 e. The lowest BCUT2D eigenvalue weighted by Crippen LogP contribution is -2.23. The number of nitrogens with zero attached hydrogens (tertiary/aromatic N) is 1. The number of phenols is 1. The van der Waals surface area contributed by atoms with Crippen molar-refractivity contribution < 1.29 is 15.3 Å². The summed E-state index contributed by atoms with van der Waals surface area (Å²) in [5, 5.41) is 31.4. The molecule has 0 radical (unpaired) electrons. The normalized spacial score (nSPS) is 12.6. The lowest BCUT2D eigenvalue weighted by atomic mass is 10.1. The molecule has 1 heterocycles. The summed E-state index contributed by atoms with van der Waals surface area (Å²) in [7, 11) is 0. The van der Waals surface area contributed by atoms with Crippen LogP contribution >= 0.6 is 0 Å². The Labute approximate surface area is 98.4 Å². The summed E-state index contributed by atoms with van der Waals surface area (Å²) in [4.78, 5) is 4.17. The fourth-order valence-electron chi connectivity index (χ4n) is 1.61. The third-order valence-corrected chi connectivity index (χ3v) is 2.49. The number of anilines is 1. The minimum Gasteiger partial charge on any atom is -0.506 e. The van der Waals surface area contributed by atoms with Gasteiger partial charge in [-0.15, -0.1) is 0 Å². The highest BCUT2D eigenvalue weighted by molar-refractivity contribution is 5.94. The van der Waals surface area contributed by atoms with Crippen LogP contribution in [0.3, 0.4) is 0 Å². The van der Waals surface area contributed by atoms with Crippen LogP contribution in [0.1, 0.15) is 0 Å². The molecule has 5 nitrogen and oxygen atoms in total. The summed E-state index contributed by atoms with van der Waals surface area (Å²) in [5.41, 5.74) is 1.27. The van der Waals surface area contributed by atoms with Crippen molar-refractivity contribution in [3.8, 4) is 5.75 Å². The van der Waals surface area contributed by atoms with Crippen molar-refractivity contribution in [1.82, 2.24) is 4.98 Å². The molecule has 1 unspecified atom stereocenters. The maximum atomic E-state index is 9.76. The standard InChI is InChI=1S/C12H14N2O3/c15-7-8(16)6-14-12-9-2-1-5-13-10(9)3-4-11(12)17/h1-5,8,14-17H,6-7H2. The van der Waals surface area contributed by atoms with E-state index in [9.17, 15) is 10.2 Å². The highest BCUT2D eigenvalue weighted by atomic mass is 16.3. The van der Waals surface area contributed by atoms with Gasteiger partial charge in [0.25, 0.3) is 0 Å². The van der Waals surface area contributed by atoms with Crippen LogP contribution < -0.4 is 5.32 Å². The largest absolute Gasteiger partial charge is 0.506 e. The third-order valence-electron chi connectivity index (χ3n) is 2.49. The molecule has 0 saturated carbocycles. The monoisotopic (exact) mass is 234 g/mol. The molecule has 17 heavy (non-hydrogen) atoms. The van der Waals surface area contributed by atoms with Gasteiger partial charge >= 0.3 is 0 Å². The average Bonchev–Trinajstić information content (AvgIpc) is 2.37. The zero-order valence-corrected chi connectivity index (χ0v) is 9.17. The first-order valence-corrected chi connectivity index (χ1v) is 5.32. The van der Waals surface area contributed by atoms with Crippen LogP contribution in [-0.4, -0.2) is 39.6 Å². The van der Waals surface area contributed by atoms with E-state index in [0.29, 0.717) is 5.69 Å². The number of hydrogen-bond donors (Lipinski definition) is 4. The van der Waals surface area contributed by atoms with Crippen LogP contribution in [0.15, 0.2) is 30.5 Å². The van der Waals surface area contributed by atoms with Gasteiger partial charge < -0.3 is 20.6 Å². The van der Waals surface area contributed by atoms with Gasteiger partial charge in [0.2, 0.25) is 0 Å². The summed E-state index contributed by atoms with van der Waals surface area (Å²) in [6.07, 6.45) is 0.812. The highest BCUT2D eigenvalue weighted by Gasteiger charge is 2.08. The molecule has 0 spiro atoms. The SMILES string of the molecule is OCC(O)CNc1c(O)ccc2ncccc12. The van der Waals surface area contributed by atoms with E-state index in [1.807, 2.05) is 6.07 Å². The topological polar surface area (TPSA) is 85.6 Å². The van der Waals surface area contributed by atoms with Gasteiger partial charge in [0.15, 0.2) is 0 Å². The summed E-state index contributed by atoms with van der Waals surface area (Å²) in [6, 6.07) is 6.87. The molecule has 0 saturated heterocycles. The van der Waals surface area contributed by atoms with Crippen molar-refractivity contribution in [1.29, 1.82) is 0 Å². The number of aromatic hydroxyl groups is 1. The highest BCUT2D eigenvalue weighted by Crippen LogP contribution is 2.31. The Morgan fingerprint density at radius 3 is 2.88 bits per heavy atom. The smallest absolute Gasteiger partial charge is 0.139 e. The second kappa shape index (κ2) is 4.99. The summed E-state index contributed by atoms with van der Waals surface area (Å²) >= 11 is 0. The second-order valence-corrected chi connectivity index (χ2v) is 3.75. The third kappa shape index (κ3) is 2.46. The lowest BCUT2D eigenvalue weighted by molar-refractivity contribution is 0.105. The quantitative estimate of drug-likeness (QED) is 0.585. The van der Waals surface area contributed by atoms with Gasteiger partial charge in [0.1, 0.15) is 5.75 Å². The van der Waals surface area contributed by atoms with Crippen LogP contribution in [-0.2, 0) is 0 Å². The number of aromatic nitrogens is 1. The fraction of sp³-hybridized carbons (Fsp3) is 0.250. The summed E-state index contributed by atoms with van der Waals surface area (Å²) < 4.78 is 0. The zero-order chi connectivity index (χ0) is 12.3. The maximum absolute atomic E-state index is 9.76. The first-order valence-electron chi connectivity index (χ1n) is 5.32. The van der Waals surface area contributed by atoms with E-state index in [2.05, 4.69) is 10.3 Å². The summed E-state index contributed by atoms with van der Waals surface area (Å²) in [5.74, 6) is 0.0932. The molecule has 2 aromatic rings. The molecule has 90 valence electrons. The molecule has 4 N–H and O–H groups in total. The summed E-state index contributed by atoms with van der Waals surface area (Å²) in [6.45, 7) is -0.158. The van der Waals surface area contributed by atoms with Crippen molar-refractivity contribution in [2.45, 2.75) is 6.10 Å². The second-order valence-electron chi connectivity index (χ2n) is 3.75. The molecule has 0 aliphatic heterocycles. The van der Waals surface area contributed by atoms with Crippen LogP contribution in [0, 0.1) is 0 Å². The Balaban J connectivity index is 2.34. The van der Waals surface area contributed by atoms with Crippen molar-refractivity contribution in [3.63, 3.8) is 0 Å². The zero-order valence-electron chi connectivity index (χ0n) is 9.17. The molecule has 0 fully saturated rings. The minimum absolute atomic E-state index is 0.0932. The first kappa shape index (κ1) is 11.6. The minimum atomic E-state index is -0.860. The van der Waals surface area contributed by atoms with Gasteiger partial charge in [0, 0.05) is 18.1 Å². The predicted octanol–water partition coefficient (Wildman–Crippen LogP) is 0.706. The first-order chi connectivity index (χ1) is 8.22. The molecule has 1 aromatic heterocycles. The van der Waals surface area contributed by atoms with Gasteiger partial charge in [-0.3, -0.25) is 4.98 Å². The molecule has 0 aliphatic rings. The molecule has 1 aromatic carbocycles. The van der Waals surface area contributed by atoms with Gasteiger partial charge in [0.05, 0.1) is 23.9 Å². The number of phenolic OH excluding ortho intramolecular Hbond substituents is 1. The molecular formula is C12H14N2O3.